The average Bonchev–Trinajstić information content (AvgIpc) is 2.98. The molecule has 4 aromatic rings. The van der Waals surface area contributed by atoms with Gasteiger partial charge < -0.3 is 9.80 Å². The van der Waals surface area contributed by atoms with Crippen LogP contribution in [0.3, 0.4) is 0 Å². The largest absolute Gasteiger partial charge is 0.410 e. The van der Waals surface area contributed by atoms with Gasteiger partial charge in [0, 0.05) is 50.3 Å². The summed E-state index contributed by atoms with van der Waals surface area (Å²) in [6, 6.07) is 13.9. The summed E-state index contributed by atoms with van der Waals surface area (Å²) in [7, 11) is 0. The van der Waals surface area contributed by atoms with E-state index in [2.05, 4.69) is 15.2 Å². The van der Waals surface area contributed by atoms with E-state index in [1.807, 2.05) is 11.0 Å². The molecule has 2 aromatic carbocycles. The molecule has 0 saturated carbocycles. The highest BCUT2D eigenvalue weighted by molar-refractivity contribution is 5.95. The van der Waals surface area contributed by atoms with E-state index in [1.165, 1.54) is 49.5 Å². The van der Waals surface area contributed by atoms with Crippen molar-refractivity contribution in [3.63, 3.8) is 0 Å². The van der Waals surface area contributed by atoms with E-state index in [4.69, 9.17) is 5.26 Å². The van der Waals surface area contributed by atoms with Crippen LogP contribution >= 0.6 is 0 Å². The minimum absolute atomic E-state index is 0.0274. The minimum Gasteiger partial charge on any atom is -0.353 e. The van der Waals surface area contributed by atoms with Gasteiger partial charge in [0.2, 0.25) is 0 Å². The highest BCUT2D eigenvalue weighted by Crippen LogP contribution is 2.27. The minimum atomic E-state index is -4.50. The second-order valence-corrected chi connectivity index (χ2v) is 9.92. The summed E-state index contributed by atoms with van der Waals surface area (Å²) in [4.78, 5) is 33.5. The number of rotatable bonds is 5. The van der Waals surface area contributed by atoms with Gasteiger partial charge in [0.25, 0.3) is 11.5 Å². The number of aromatic nitrogens is 3. The maximum Gasteiger partial charge on any atom is 0.410 e. The fraction of sp³-hybridized carbons (Fsp3) is 0.233. The van der Waals surface area contributed by atoms with Crippen LogP contribution in [0.5, 0.6) is 0 Å². The molecular formula is C30H24F4N6O2. The van der Waals surface area contributed by atoms with Crippen LogP contribution in [-0.2, 0) is 6.42 Å². The summed E-state index contributed by atoms with van der Waals surface area (Å²) in [5.41, 5.74) is 0.980. The summed E-state index contributed by atoms with van der Waals surface area (Å²) >= 11 is 0. The molecule has 1 aliphatic heterocycles. The number of benzene rings is 2. The van der Waals surface area contributed by atoms with Crippen molar-refractivity contribution in [2.24, 2.45) is 0 Å². The zero-order valence-electron chi connectivity index (χ0n) is 22.4. The van der Waals surface area contributed by atoms with Crippen molar-refractivity contribution in [1.82, 2.24) is 20.1 Å². The molecule has 8 nitrogen and oxygen atoms in total. The van der Waals surface area contributed by atoms with E-state index < -0.39 is 23.5 Å². The third-order valence-electron chi connectivity index (χ3n) is 7.10. The molecule has 42 heavy (non-hydrogen) atoms. The number of nitrogens with zero attached hydrogens (tertiary/aromatic N) is 5. The number of nitrogens with one attached hydrogen (secondary N) is 1. The first-order valence-corrected chi connectivity index (χ1v) is 13.0. The Balaban J connectivity index is 1.37. The lowest BCUT2D eigenvalue weighted by molar-refractivity contribution is -0.0793. The van der Waals surface area contributed by atoms with Gasteiger partial charge in [-0.1, -0.05) is 12.1 Å². The monoisotopic (exact) mass is 576 g/mol. The molecule has 1 aliphatic rings. The van der Waals surface area contributed by atoms with Crippen LogP contribution in [0.25, 0.3) is 16.3 Å². The zero-order valence-corrected chi connectivity index (χ0v) is 22.4. The summed E-state index contributed by atoms with van der Waals surface area (Å²) in [5.74, 6) is -0.479. The zero-order chi connectivity index (χ0) is 30.0. The van der Waals surface area contributed by atoms with Gasteiger partial charge in [0.15, 0.2) is 0 Å². The van der Waals surface area contributed by atoms with E-state index in [1.54, 1.807) is 17.0 Å². The van der Waals surface area contributed by atoms with Gasteiger partial charge in [-0.25, -0.2) is 14.5 Å². The van der Waals surface area contributed by atoms with Crippen molar-refractivity contribution in [3.05, 3.63) is 105 Å². The lowest BCUT2D eigenvalue weighted by atomic mass is 9.98. The molecule has 0 bridgehead atoms. The molecule has 0 unspecified atom stereocenters. The van der Waals surface area contributed by atoms with Crippen LogP contribution in [0.1, 0.15) is 39.7 Å². The molecule has 5 rings (SSSR count). The van der Waals surface area contributed by atoms with Crippen molar-refractivity contribution in [2.75, 3.05) is 31.1 Å². The van der Waals surface area contributed by atoms with Crippen molar-refractivity contribution in [2.45, 2.75) is 19.5 Å². The molecule has 0 atom stereocenters. The Bertz CT molecular complexity index is 1780. The van der Waals surface area contributed by atoms with Crippen LogP contribution in [0.4, 0.5) is 23.4 Å². The Morgan fingerprint density at radius 1 is 1.07 bits per heavy atom. The average molecular weight is 577 g/mol. The fourth-order valence-electron chi connectivity index (χ4n) is 4.92. The number of halogens is 4. The number of allylic oxidation sites excluding steroid dienone is 2. The van der Waals surface area contributed by atoms with Crippen LogP contribution in [0.15, 0.2) is 65.6 Å². The fourth-order valence-corrected chi connectivity index (χ4v) is 4.92. The van der Waals surface area contributed by atoms with Crippen molar-refractivity contribution in [3.8, 4) is 6.07 Å². The molecular weight excluding hydrogens is 552 g/mol. The molecule has 0 aliphatic carbocycles. The van der Waals surface area contributed by atoms with Crippen molar-refractivity contribution < 1.29 is 22.4 Å². The number of hydrogen-bond acceptors (Lipinski definition) is 6. The van der Waals surface area contributed by atoms with Crippen LogP contribution in [-0.4, -0.2) is 58.3 Å². The van der Waals surface area contributed by atoms with E-state index in [0.29, 0.717) is 54.2 Å². The summed E-state index contributed by atoms with van der Waals surface area (Å²) in [6.07, 6.45) is -2.74. The Kier molecular flexibility index (Phi) is 7.76. The summed E-state index contributed by atoms with van der Waals surface area (Å²) in [6.45, 7) is 2.95. The molecule has 12 heteroatoms. The molecule has 1 N–H and O–H groups in total. The number of alkyl halides is 3. The second-order valence-electron chi connectivity index (χ2n) is 9.92. The lowest BCUT2D eigenvalue weighted by Gasteiger charge is -2.35. The number of piperazine rings is 1. The smallest absolute Gasteiger partial charge is 0.353 e. The molecule has 0 radical (unpaired) electrons. The lowest BCUT2D eigenvalue weighted by Crippen LogP contribution is -2.49. The van der Waals surface area contributed by atoms with Gasteiger partial charge >= 0.3 is 6.18 Å². The molecule has 3 heterocycles. The molecule has 1 amide bonds. The number of aromatic amines is 1. The van der Waals surface area contributed by atoms with Gasteiger partial charge in [-0.3, -0.25) is 9.59 Å². The maximum absolute atomic E-state index is 14.9. The Labute approximate surface area is 237 Å². The first-order valence-electron chi connectivity index (χ1n) is 13.0. The third kappa shape index (κ3) is 6.15. The van der Waals surface area contributed by atoms with Crippen LogP contribution < -0.4 is 10.5 Å². The van der Waals surface area contributed by atoms with Crippen LogP contribution in [0.2, 0.25) is 0 Å². The van der Waals surface area contributed by atoms with Crippen LogP contribution in [0, 0.1) is 17.1 Å². The van der Waals surface area contributed by atoms with Gasteiger partial charge in [-0.15, -0.1) is 0 Å². The summed E-state index contributed by atoms with van der Waals surface area (Å²) in [5, 5.41) is 16.1. The predicted molar refractivity (Wildman–Crippen MR) is 148 cm³/mol. The summed E-state index contributed by atoms with van der Waals surface area (Å²) < 4.78 is 53.6. The number of fused-ring (bicyclic) bond motifs is 1. The Morgan fingerprint density at radius 3 is 2.50 bits per heavy atom. The number of amides is 1. The van der Waals surface area contributed by atoms with E-state index in [9.17, 15) is 27.2 Å². The highest BCUT2D eigenvalue weighted by atomic mass is 19.4. The second kappa shape index (κ2) is 11.4. The normalized spacial score (nSPS) is 14.2. The van der Waals surface area contributed by atoms with Gasteiger partial charge in [-0.05, 0) is 60.0 Å². The predicted octanol–water partition coefficient (Wildman–Crippen LogP) is 4.85. The van der Waals surface area contributed by atoms with Gasteiger partial charge in [0.05, 0.1) is 22.2 Å². The Hall–Kier alpha value is -5.05. The Morgan fingerprint density at radius 2 is 1.83 bits per heavy atom. The van der Waals surface area contributed by atoms with E-state index >= 15 is 0 Å². The molecule has 214 valence electrons. The van der Waals surface area contributed by atoms with Gasteiger partial charge in [0.1, 0.15) is 17.7 Å². The van der Waals surface area contributed by atoms with Gasteiger partial charge in [-0.2, -0.15) is 23.5 Å². The standard InChI is InChI=1S/C30H24F4N6O2/c1-18(15-30(32,33)34)21-4-5-22-23(14-21)26(37-38-28(22)41)13-19-2-6-25(31)24(12-19)29(42)40-10-8-39(9-11-40)27-7-3-20(16-35)17-36-27/h2-7,12,14-15,17H,8-11,13H2,1H3,(H,38,41). The number of anilines is 1. The topological polar surface area (TPSA) is 106 Å². The molecule has 1 saturated heterocycles. The maximum atomic E-state index is 14.9. The number of pyridine rings is 1. The number of H-pyrrole nitrogens is 1. The number of carbonyl (C=O) groups is 1. The van der Waals surface area contributed by atoms with E-state index in [0.717, 1.165) is 0 Å². The van der Waals surface area contributed by atoms with Crippen molar-refractivity contribution >= 4 is 28.1 Å². The first-order chi connectivity index (χ1) is 20.0. The molecule has 2 aromatic heterocycles. The number of carbonyl (C=O) groups excluding carboxylic acids is 1. The molecule has 1 fully saturated rings. The quantitative estimate of drug-likeness (QED) is 0.341. The number of hydrogen-bond donors (Lipinski definition) is 1. The highest BCUT2D eigenvalue weighted by Gasteiger charge is 2.26. The van der Waals surface area contributed by atoms with E-state index in [-0.39, 0.29) is 34.6 Å². The van der Waals surface area contributed by atoms with Crippen molar-refractivity contribution in [1.29, 1.82) is 5.26 Å². The SMILES string of the molecule is CC(=CC(F)(F)F)c1ccc2c(=O)[nH]nc(Cc3ccc(F)c(C(=O)N4CCN(c5ccc(C#N)cn5)CC4)c3)c2c1. The number of nitriles is 1. The first kappa shape index (κ1) is 28.5. The third-order valence-corrected chi connectivity index (χ3v) is 7.10. The molecule has 0 spiro atoms.